The normalized spacial score (nSPS) is 15.2. The van der Waals surface area contributed by atoms with Crippen LogP contribution in [-0.4, -0.2) is 54.7 Å². The van der Waals surface area contributed by atoms with Gasteiger partial charge >= 0.3 is 5.97 Å². The Bertz CT molecular complexity index is 1220. The van der Waals surface area contributed by atoms with Crippen molar-refractivity contribution in [2.75, 3.05) is 31.6 Å². The molecule has 0 bridgehead atoms. The summed E-state index contributed by atoms with van der Waals surface area (Å²) in [6, 6.07) is 16.1. The summed E-state index contributed by atoms with van der Waals surface area (Å²) in [5.41, 5.74) is 2.51. The fourth-order valence-electron chi connectivity index (χ4n) is 4.72. The highest BCUT2D eigenvalue weighted by molar-refractivity contribution is 5.95. The van der Waals surface area contributed by atoms with Crippen molar-refractivity contribution in [3.8, 4) is 11.5 Å². The summed E-state index contributed by atoms with van der Waals surface area (Å²) < 4.78 is 30.2. The maximum Gasteiger partial charge on any atom is 0.342 e. The number of rotatable bonds is 11. The van der Waals surface area contributed by atoms with E-state index in [9.17, 15) is 9.18 Å². The number of pyridine rings is 1. The highest BCUT2D eigenvalue weighted by Gasteiger charge is 2.30. The van der Waals surface area contributed by atoms with Crippen molar-refractivity contribution >= 4 is 11.8 Å². The lowest BCUT2D eigenvalue weighted by Gasteiger charge is -2.28. The van der Waals surface area contributed by atoms with E-state index in [1.54, 1.807) is 37.6 Å². The van der Waals surface area contributed by atoms with E-state index >= 15 is 0 Å². The highest BCUT2D eigenvalue weighted by atomic mass is 19.1. The van der Waals surface area contributed by atoms with Crippen LogP contribution in [0.4, 0.5) is 10.2 Å². The van der Waals surface area contributed by atoms with Gasteiger partial charge in [0.1, 0.15) is 23.8 Å². The van der Waals surface area contributed by atoms with Crippen LogP contribution in [0.2, 0.25) is 0 Å². The SMILES string of the molecule is CCN(Cc1ccc(OCc2ccc(F)cc2)c(OC)c1)[C@H]1CCN(c2ncccc2C(=O)OC(C)C)C1. The van der Waals surface area contributed by atoms with Crippen LogP contribution in [0.15, 0.2) is 60.8 Å². The summed E-state index contributed by atoms with van der Waals surface area (Å²) in [4.78, 5) is 21.8. The highest BCUT2D eigenvalue weighted by Crippen LogP contribution is 2.31. The Labute approximate surface area is 224 Å². The van der Waals surface area contributed by atoms with Gasteiger partial charge < -0.3 is 19.1 Å². The molecule has 0 unspecified atom stereocenters. The number of ether oxygens (including phenoxy) is 3. The molecule has 0 spiro atoms. The molecule has 0 saturated carbocycles. The number of carbonyl (C=O) groups is 1. The Morgan fingerprint density at radius 2 is 1.89 bits per heavy atom. The maximum atomic E-state index is 13.2. The zero-order valence-electron chi connectivity index (χ0n) is 22.5. The van der Waals surface area contributed by atoms with E-state index in [0.29, 0.717) is 35.5 Å². The monoisotopic (exact) mass is 521 g/mol. The molecule has 1 aliphatic rings. The molecule has 3 aromatic rings. The quantitative estimate of drug-likeness (QED) is 0.310. The Hall–Kier alpha value is -3.65. The molecule has 1 saturated heterocycles. The van der Waals surface area contributed by atoms with Gasteiger partial charge in [0.25, 0.3) is 0 Å². The van der Waals surface area contributed by atoms with Crippen LogP contribution >= 0.6 is 0 Å². The number of esters is 1. The van der Waals surface area contributed by atoms with Crippen molar-refractivity contribution in [2.24, 2.45) is 0 Å². The van der Waals surface area contributed by atoms with Gasteiger partial charge in [0.05, 0.1) is 13.2 Å². The summed E-state index contributed by atoms with van der Waals surface area (Å²) in [5.74, 6) is 1.38. The Kier molecular flexibility index (Phi) is 9.18. The molecule has 0 aliphatic carbocycles. The average Bonchev–Trinajstić information content (AvgIpc) is 3.41. The summed E-state index contributed by atoms with van der Waals surface area (Å²) >= 11 is 0. The first-order valence-corrected chi connectivity index (χ1v) is 13.1. The molecule has 202 valence electrons. The number of carbonyl (C=O) groups excluding carboxylic acids is 1. The fraction of sp³-hybridized carbons (Fsp3) is 0.400. The fourth-order valence-corrected chi connectivity index (χ4v) is 4.72. The zero-order valence-corrected chi connectivity index (χ0v) is 22.5. The molecule has 1 aromatic heterocycles. The van der Waals surface area contributed by atoms with E-state index in [1.165, 1.54) is 12.1 Å². The lowest BCUT2D eigenvalue weighted by atomic mass is 10.1. The molecule has 1 aliphatic heterocycles. The predicted molar refractivity (Wildman–Crippen MR) is 145 cm³/mol. The van der Waals surface area contributed by atoms with Gasteiger partial charge in [-0.1, -0.05) is 25.1 Å². The van der Waals surface area contributed by atoms with Crippen LogP contribution in [0.1, 0.15) is 48.7 Å². The number of likely N-dealkylation sites (N-methyl/N-ethyl adjacent to an activating group) is 1. The molecule has 0 N–H and O–H groups in total. The van der Waals surface area contributed by atoms with Crippen molar-refractivity contribution < 1.29 is 23.4 Å². The van der Waals surface area contributed by atoms with Crippen molar-refractivity contribution in [3.05, 3.63) is 83.3 Å². The number of hydrogen-bond acceptors (Lipinski definition) is 7. The molecule has 2 heterocycles. The second-order valence-corrected chi connectivity index (χ2v) is 9.68. The third kappa shape index (κ3) is 6.81. The van der Waals surface area contributed by atoms with E-state index in [2.05, 4.69) is 27.8 Å². The zero-order chi connectivity index (χ0) is 27.1. The first-order chi connectivity index (χ1) is 18.4. The lowest BCUT2D eigenvalue weighted by Crippen LogP contribution is -2.37. The van der Waals surface area contributed by atoms with Crippen molar-refractivity contribution in [2.45, 2.75) is 52.5 Å². The van der Waals surface area contributed by atoms with Crippen LogP contribution in [0.25, 0.3) is 0 Å². The third-order valence-electron chi connectivity index (χ3n) is 6.66. The Morgan fingerprint density at radius 1 is 1.13 bits per heavy atom. The predicted octanol–water partition coefficient (Wildman–Crippen LogP) is 5.47. The first kappa shape index (κ1) is 27.4. The van der Waals surface area contributed by atoms with E-state index < -0.39 is 0 Å². The van der Waals surface area contributed by atoms with E-state index in [1.807, 2.05) is 26.0 Å². The molecule has 38 heavy (non-hydrogen) atoms. The summed E-state index contributed by atoms with van der Waals surface area (Å²) in [6.45, 7) is 9.42. The number of nitrogens with zero attached hydrogens (tertiary/aromatic N) is 3. The second-order valence-electron chi connectivity index (χ2n) is 9.68. The van der Waals surface area contributed by atoms with E-state index in [0.717, 1.165) is 43.7 Å². The van der Waals surface area contributed by atoms with Gasteiger partial charge in [-0.15, -0.1) is 0 Å². The van der Waals surface area contributed by atoms with Gasteiger partial charge in [-0.05, 0) is 74.3 Å². The molecule has 4 rings (SSSR count). The van der Waals surface area contributed by atoms with Gasteiger partial charge in [0.15, 0.2) is 11.5 Å². The van der Waals surface area contributed by atoms with Gasteiger partial charge in [-0.25, -0.2) is 14.2 Å². The minimum atomic E-state index is -0.340. The van der Waals surface area contributed by atoms with Crippen molar-refractivity contribution in [1.29, 1.82) is 0 Å². The van der Waals surface area contributed by atoms with Crippen LogP contribution in [0, 0.1) is 5.82 Å². The van der Waals surface area contributed by atoms with Gasteiger partial charge in [0.2, 0.25) is 0 Å². The second kappa shape index (κ2) is 12.7. The van der Waals surface area contributed by atoms with E-state index in [-0.39, 0.29) is 17.9 Å². The standard InChI is InChI=1S/C30H36FN3O4/c1-5-33(25-14-16-34(19-25)29-26(7-6-15-32-29)30(35)38-21(2)3)18-23-10-13-27(28(17-23)36-4)37-20-22-8-11-24(31)12-9-22/h6-13,15,17,21,25H,5,14,16,18-20H2,1-4H3/t25-/m0/s1. The van der Waals surface area contributed by atoms with Gasteiger partial charge in [-0.2, -0.15) is 0 Å². The van der Waals surface area contributed by atoms with Gasteiger partial charge in [0, 0.05) is 31.9 Å². The lowest BCUT2D eigenvalue weighted by molar-refractivity contribution is 0.0378. The number of hydrogen-bond donors (Lipinski definition) is 0. The molecule has 8 heteroatoms. The van der Waals surface area contributed by atoms with Gasteiger partial charge in [-0.3, -0.25) is 4.90 Å². The van der Waals surface area contributed by atoms with Crippen LogP contribution in [-0.2, 0) is 17.9 Å². The van der Waals surface area contributed by atoms with Crippen LogP contribution in [0.3, 0.4) is 0 Å². The largest absolute Gasteiger partial charge is 0.493 e. The molecule has 2 aromatic carbocycles. The number of anilines is 1. The smallest absolute Gasteiger partial charge is 0.342 e. The molecule has 7 nitrogen and oxygen atoms in total. The molecular weight excluding hydrogens is 485 g/mol. The first-order valence-electron chi connectivity index (χ1n) is 13.1. The van der Waals surface area contributed by atoms with Crippen LogP contribution < -0.4 is 14.4 Å². The summed E-state index contributed by atoms with van der Waals surface area (Å²) in [5, 5.41) is 0. The summed E-state index contributed by atoms with van der Waals surface area (Å²) in [6.07, 6.45) is 2.51. The third-order valence-corrected chi connectivity index (χ3v) is 6.66. The molecule has 1 atom stereocenters. The topological polar surface area (TPSA) is 64.1 Å². The number of aromatic nitrogens is 1. The number of benzene rings is 2. The average molecular weight is 522 g/mol. The molecule has 1 fully saturated rings. The molecule has 0 amide bonds. The molecular formula is C30H36FN3O4. The Morgan fingerprint density at radius 3 is 2.61 bits per heavy atom. The minimum Gasteiger partial charge on any atom is -0.493 e. The number of methoxy groups -OCH3 is 1. The van der Waals surface area contributed by atoms with E-state index in [4.69, 9.17) is 14.2 Å². The van der Waals surface area contributed by atoms with Crippen LogP contribution in [0.5, 0.6) is 11.5 Å². The summed E-state index contributed by atoms with van der Waals surface area (Å²) in [7, 11) is 1.63. The molecule has 0 radical (unpaired) electrons. The minimum absolute atomic E-state index is 0.186. The van der Waals surface area contributed by atoms with Crippen molar-refractivity contribution in [1.82, 2.24) is 9.88 Å². The van der Waals surface area contributed by atoms with Crippen molar-refractivity contribution in [3.63, 3.8) is 0 Å². The maximum absolute atomic E-state index is 13.2. The Balaban J connectivity index is 1.41. The number of halogens is 1.